The molecule has 9 nitrogen and oxygen atoms in total. The minimum absolute atomic E-state index is 0.0130. The second-order valence-corrected chi connectivity index (χ2v) is 8.01. The van der Waals surface area contributed by atoms with Crippen molar-refractivity contribution in [2.75, 3.05) is 46.5 Å². The predicted molar refractivity (Wildman–Crippen MR) is 110 cm³/mol. The number of imidazole rings is 1. The maximum absolute atomic E-state index is 12.9. The number of nitrogens with zero attached hydrogens (tertiary/aromatic N) is 3. The molecule has 2 aromatic rings. The summed E-state index contributed by atoms with van der Waals surface area (Å²) in [6.45, 7) is 3.45. The van der Waals surface area contributed by atoms with E-state index in [4.69, 9.17) is 9.47 Å². The SMILES string of the molecule is COc1ccc2nc(C[C@H]3CN(C(=O)N4CCOCC4)CC[C@H]3CC(=O)O)[nH]c2c1. The minimum atomic E-state index is -0.799. The topological polar surface area (TPSA) is 108 Å². The monoisotopic (exact) mass is 416 g/mol. The third-order valence-corrected chi connectivity index (χ3v) is 6.07. The normalized spacial score (nSPS) is 22.3. The number of likely N-dealkylation sites (tertiary alicyclic amines) is 1. The number of aromatic amines is 1. The van der Waals surface area contributed by atoms with Crippen LogP contribution in [0, 0.1) is 11.8 Å². The standard InChI is InChI=1S/C21H28N4O5/c1-29-16-2-3-17-18(12-16)23-19(22-17)10-15-13-25(5-4-14(15)11-20(26)27)21(28)24-6-8-30-9-7-24/h2-3,12,14-15H,4-11,13H2,1H3,(H,22,23)(H,26,27)/t14-,15-/m0/s1. The van der Waals surface area contributed by atoms with Crippen molar-refractivity contribution in [3.8, 4) is 5.75 Å². The lowest BCUT2D eigenvalue weighted by Gasteiger charge is -2.40. The number of carbonyl (C=O) groups excluding carboxylic acids is 1. The number of amides is 2. The molecule has 1 aromatic carbocycles. The Morgan fingerprint density at radius 3 is 2.77 bits per heavy atom. The number of carbonyl (C=O) groups is 2. The summed E-state index contributed by atoms with van der Waals surface area (Å²) in [5.41, 5.74) is 1.73. The number of nitrogens with one attached hydrogen (secondary N) is 1. The Morgan fingerprint density at radius 1 is 1.23 bits per heavy atom. The van der Waals surface area contributed by atoms with Gasteiger partial charge in [-0.25, -0.2) is 9.78 Å². The second kappa shape index (κ2) is 8.91. The molecule has 2 saturated heterocycles. The number of methoxy groups -OCH3 is 1. The van der Waals surface area contributed by atoms with Crippen molar-refractivity contribution in [3.05, 3.63) is 24.0 Å². The van der Waals surface area contributed by atoms with Crippen molar-refractivity contribution < 1.29 is 24.2 Å². The van der Waals surface area contributed by atoms with Crippen molar-refractivity contribution in [2.24, 2.45) is 11.8 Å². The van der Waals surface area contributed by atoms with Crippen LogP contribution in [0.1, 0.15) is 18.7 Å². The Morgan fingerprint density at radius 2 is 2.03 bits per heavy atom. The minimum Gasteiger partial charge on any atom is -0.497 e. The van der Waals surface area contributed by atoms with Crippen LogP contribution in [-0.2, 0) is 16.0 Å². The number of aliphatic carboxylic acids is 1. The highest BCUT2D eigenvalue weighted by Gasteiger charge is 2.35. The van der Waals surface area contributed by atoms with E-state index in [-0.39, 0.29) is 24.3 Å². The Labute approximate surface area is 175 Å². The predicted octanol–water partition coefficient (Wildman–Crippen LogP) is 1.98. The summed E-state index contributed by atoms with van der Waals surface area (Å²) in [5, 5.41) is 9.36. The van der Waals surface area contributed by atoms with Gasteiger partial charge in [0.15, 0.2) is 0 Å². The summed E-state index contributed by atoms with van der Waals surface area (Å²) in [6, 6.07) is 5.68. The average Bonchev–Trinajstić information content (AvgIpc) is 3.16. The Balaban J connectivity index is 1.50. The number of carboxylic acid groups (broad SMARTS) is 1. The van der Waals surface area contributed by atoms with Crippen LogP contribution in [0.25, 0.3) is 11.0 Å². The quantitative estimate of drug-likeness (QED) is 0.772. The van der Waals surface area contributed by atoms with E-state index in [9.17, 15) is 14.7 Å². The summed E-state index contributed by atoms with van der Waals surface area (Å²) in [5.74, 6) is 0.800. The molecule has 2 atom stereocenters. The molecule has 0 unspecified atom stereocenters. The molecular weight excluding hydrogens is 388 g/mol. The highest BCUT2D eigenvalue weighted by molar-refractivity contribution is 5.77. The lowest BCUT2D eigenvalue weighted by atomic mass is 9.81. The van der Waals surface area contributed by atoms with Crippen LogP contribution in [0.5, 0.6) is 5.75 Å². The summed E-state index contributed by atoms with van der Waals surface area (Å²) in [6.07, 6.45) is 1.39. The van der Waals surface area contributed by atoms with Gasteiger partial charge in [-0.2, -0.15) is 0 Å². The van der Waals surface area contributed by atoms with Gasteiger partial charge in [-0.15, -0.1) is 0 Å². The molecule has 4 rings (SSSR count). The number of hydrogen-bond acceptors (Lipinski definition) is 5. The van der Waals surface area contributed by atoms with Crippen LogP contribution in [-0.4, -0.2) is 83.4 Å². The molecular formula is C21H28N4O5. The largest absolute Gasteiger partial charge is 0.497 e. The number of carboxylic acids is 1. The zero-order valence-corrected chi connectivity index (χ0v) is 17.2. The molecule has 2 aliphatic heterocycles. The zero-order chi connectivity index (χ0) is 21.1. The molecule has 2 aliphatic rings. The molecule has 2 fully saturated rings. The summed E-state index contributed by atoms with van der Waals surface area (Å²) >= 11 is 0. The van der Waals surface area contributed by atoms with Crippen LogP contribution < -0.4 is 4.74 Å². The van der Waals surface area contributed by atoms with E-state index in [0.29, 0.717) is 52.2 Å². The molecule has 0 saturated carbocycles. The van der Waals surface area contributed by atoms with Gasteiger partial charge in [0.2, 0.25) is 0 Å². The molecule has 9 heteroatoms. The summed E-state index contributed by atoms with van der Waals surface area (Å²) in [4.78, 5) is 36.0. The number of benzene rings is 1. The highest BCUT2D eigenvalue weighted by Crippen LogP contribution is 2.30. The van der Waals surface area contributed by atoms with E-state index in [0.717, 1.165) is 22.6 Å². The van der Waals surface area contributed by atoms with Crippen molar-refractivity contribution in [1.29, 1.82) is 0 Å². The van der Waals surface area contributed by atoms with Gasteiger partial charge in [-0.3, -0.25) is 4.79 Å². The van der Waals surface area contributed by atoms with Crippen LogP contribution in [0.3, 0.4) is 0 Å². The number of piperidine rings is 1. The molecule has 0 spiro atoms. The van der Waals surface area contributed by atoms with Crippen molar-refractivity contribution >= 4 is 23.0 Å². The van der Waals surface area contributed by atoms with Gasteiger partial charge in [0, 0.05) is 45.1 Å². The average molecular weight is 416 g/mol. The third kappa shape index (κ3) is 4.51. The molecule has 0 aliphatic carbocycles. The number of hydrogen-bond donors (Lipinski definition) is 2. The lowest BCUT2D eigenvalue weighted by molar-refractivity contribution is -0.139. The van der Waals surface area contributed by atoms with Crippen LogP contribution in [0.4, 0.5) is 4.79 Å². The first-order chi connectivity index (χ1) is 14.5. The number of morpholine rings is 1. The number of aromatic nitrogens is 2. The summed E-state index contributed by atoms with van der Waals surface area (Å²) < 4.78 is 10.6. The first-order valence-corrected chi connectivity index (χ1v) is 10.4. The number of rotatable bonds is 5. The van der Waals surface area contributed by atoms with Gasteiger partial charge in [-0.1, -0.05) is 0 Å². The molecule has 3 heterocycles. The van der Waals surface area contributed by atoms with Crippen LogP contribution >= 0.6 is 0 Å². The van der Waals surface area contributed by atoms with Crippen LogP contribution in [0.2, 0.25) is 0 Å². The fraction of sp³-hybridized carbons (Fsp3) is 0.571. The molecule has 2 amide bonds. The van der Waals surface area contributed by atoms with E-state index in [1.165, 1.54) is 0 Å². The Bertz CT molecular complexity index is 908. The molecule has 0 radical (unpaired) electrons. The van der Waals surface area contributed by atoms with Crippen molar-refractivity contribution in [1.82, 2.24) is 19.8 Å². The number of H-pyrrole nitrogens is 1. The molecule has 30 heavy (non-hydrogen) atoms. The molecule has 1 aromatic heterocycles. The van der Waals surface area contributed by atoms with Gasteiger partial charge in [0.05, 0.1) is 31.4 Å². The Kier molecular flexibility index (Phi) is 6.08. The smallest absolute Gasteiger partial charge is 0.320 e. The lowest BCUT2D eigenvalue weighted by Crippen LogP contribution is -2.52. The van der Waals surface area contributed by atoms with Crippen molar-refractivity contribution in [2.45, 2.75) is 19.3 Å². The molecule has 2 N–H and O–H groups in total. The number of ether oxygens (including phenoxy) is 2. The van der Waals surface area contributed by atoms with Gasteiger partial charge >= 0.3 is 12.0 Å². The van der Waals surface area contributed by atoms with Crippen LogP contribution in [0.15, 0.2) is 18.2 Å². The number of fused-ring (bicyclic) bond motifs is 1. The Hall–Kier alpha value is -2.81. The van der Waals surface area contributed by atoms with Crippen molar-refractivity contribution in [3.63, 3.8) is 0 Å². The third-order valence-electron chi connectivity index (χ3n) is 6.07. The maximum atomic E-state index is 12.9. The maximum Gasteiger partial charge on any atom is 0.320 e. The fourth-order valence-electron chi connectivity index (χ4n) is 4.45. The van der Waals surface area contributed by atoms with Gasteiger partial charge in [-0.05, 0) is 30.4 Å². The van der Waals surface area contributed by atoms with Gasteiger partial charge in [0.1, 0.15) is 11.6 Å². The first-order valence-electron chi connectivity index (χ1n) is 10.4. The van der Waals surface area contributed by atoms with Gasteiger partial charge < -0.3 is 29.4 Å². The van der Waals surface area contributed by atoms with E-state index < -0.39 is 5.97 Å². The number of urea groups is 1. The molecule has 162 valence electrons. The fourth-order valence-corrected chi connectivity index (χ4v) is 4.45. The van der Waals surface area contributed by atoms with E-state index >= 15 is 0 Å². The second-order valence-electron chi connectivity index (χ2n) is 8.01. The molecule has 0 bridgehead atoms. The van der Waals surface area contributed by atoms with E-state index in [2.05, 4.69) is 9.97 Å². The van der Waals surface area contributed by atoms with E-state index in [1.54, 1.807) is 7.11 Å². The first kappa shape index (κ1) is 20.5. The highest BCUT2D eigenvalue weighted by atomic mass is 16.5. The summed E-state index contributed by atoms with van der Waals surface area (Å²) in [7, 11) is 1.62. The van der Waals surface area contributed by atoms with E-state index in [1.807, 2.05) is 28.0 Å². The zero-order valence-electron chi connectivity index (χ0n) is 17.2. The van der Waals surface area contributed by atoms with Gasteiger partial charge in [0.25, 0.3) is 0 Å².